The minimum absolute atomic E-state index is 0.122. The van der Waals surface area contributed by atoms with Gasteiger partial charge >= 0.3 is 0 Å². The number of nitrogens with zero attached hydrogens (tertiary/aromatic N) is 2. The van der Waals surface area contributed by atoms with Crippen molar-refractivity contribution in [1.29, 1.82) is 0 Å². The summed E-state index contributed by atoms with van der Waals surface area (Å²) in [5.74, 6) is 0.586. The second kappa shape index (κ2) is 5.19. The van der Waals surface area contributed by atoms with Crippen LogP contribution in [0.25, 0.3) is 0 Å². The summed E-state index contributed by atoms with van der Waals surface area (Å²) in [6, 6.07) is 12.7. The predicted octanol–water partition coefficient (Wildman–Crippen LogP) is 3.45. The highest BCUT2D eigenvalue weighted by atomic mass is 16.2. The number of carbonyl (C=O) groups excluding carboxylic acids is 1. The molecule has 3 heteroatoms. The summed E-state index contributed by atoms with van der Waals surface area (Å²) in [5.41, 5.74) is 3.76. The molecule has 1 amide bonds. The Kier molecular flexibility index (Phi) is 3.26. The third-order valence-electron chi connectivity index (χ3n) is 6.09. The van der Waals surface area contributed by atoms with Crippen LogP contribution in [-0.2, 0) is 11.8 Å². The zero-order valence-electron chi connectivity index (χ0n) is 13.7. The van der Waals surface area contributed by atoms with Gasteiger partial charge in [-0.15, -0.1) is 0 Å². The summed E-state index contributed by atoms with van der Waals surface area (Å²) >= 11 is 0. The van der Waals surface area contributed by atoms with E-state index in [1.54, 1.807) is 12.4 Å². The number of hydrogen-bond acceptors (Lipinski definition) is 2. The van der Waals surface area contributed by atoms with Gasteiger partial charge in [-0.1, -0.05) is 38.1 Å². The first kappa shape index (κ1) is 14.4. The molecular weight excluding hydrogens is 284 g/mol. The van der Waals surface area contributed by atoms with Gasteiger partial charge in [-0.25, -0.2) is 0 Å². The molecule has 2 bridgehead atoms. The monoisotopic (exact) mass is 306 g/mol. The summed E-state index contributed by atoms with van der Waals surface area (Å²) in [6.45, 7) is 5.51. The summed E-state index contributed by atoms with van der Waals surface area (Å²) in [6.07, 6.45) is 5.37. The van der Waals surface area contributed by atoms with Crippen LogP contribution in [-0.4, -0.2) is 28.4 Å². The van der Waals surface area contributed by atoms with Crippen LogP contribution < -0.4 is 0 Å². The molecule has 2 aliphatic rings. The van der Waals surface area contributed by atoms with E-state index < -0.39 is 0 Å². The Morgan fingerprint density at radius 3 is 2.87 bits per heavy atom. The maximum atomic E-state index is 12.9. The summed E-state index contributed by atoms with van der Waals surface area (Å²) < 4.78 is 0. The topological polar surface area (TPSA) is 33.2 Å². The number of piperidine rings is 1. The van der Waals surface area contributed by atoms with E-state index in [9.17, 15) is 4.79 Å². The van der Waals surface area contributed by atoms with Gasteiger partial charge in [0.2, 0.25) is 0 Å². The Morgan fingerprint density at radius 2 is 2.09 bits per heavy atom. The van der Waals surface area contributed by atoms with Crippen LogP contribution in [0.3, 0.4) is 0 Å². The van der Waals surface area contributed by atoms with Crippen LogP contribution in [0.2, 0.25) is 0 Å². The van der Waals surface area contributed by atoms with Gasteiger partial charge in [0, 0.05) is 25.0 Å². The number of carbonyl (C=O) groups is 1. The molecule has 4 rings (SSSR count). The van der Waals surface area contributed by atoms with Gasteiger partial charge in [0.25, 0.3) is 5.91 Å². The lowest BCUT2D eigenvalue weighted by Gasteiger charge is -2.54. The lowest BCUT2D eigenvalue weighted by atomic mass is 9.59. The van der Waals surface area contributed by atoms with E-state index >= 15 is 0 Å². The molecule has 118 valence electrons. The van der Waals surface area contributed by atoms with E-state index in [1.165, 1.54) is 11.1 Å². The average Bonchev–Trinajstić information content (AvgIpc) is 2.58. The quantitative estimate of drug-likeness (QED) is 0.808. The Labute approximate surface area is 137 Å². The zero-order valence-corrected chi connectivity index (χ0v) is 13.7. The Balaban J connectivity index is 1.72. The summed E-state index contributed by atoms with van der Waals surface area (Å²) in [4.78, 5) is 19.1. The van der Waals surface area contributed by atoms with Gasteiger partial charge in [0.15, 0.2) is 0 Å². The van der Waals surface area contributed by atoms with Crippen molar-refractivity contribution in [2.75, 3.05) is 6.54 Å². The zero-order chi connectivity index (χ0) is 16.0. The van der Waals surface area contributed by atoms with Crippen molar-refractivity contribution < 1.29 is 4.79 Å². The first-order chi connectivity index (χ1) is 11.1. The fourth-order valence-electron chi connectivity index (χ4n) is 4.50. The first-order valence-corrected chi connectivity index (χ1v) is 8.40. The van der Waals surface area contributed by atoms with Crippen molar-refractivity contribution in [1.82, 2.24) is 9.88 Å². The average molecular weight is 306 g/mol. The van der Waals surface area contributed by atoms with Gasteiger partial charge in [0.1, 0.15) is 0 Å². The molecule has 0 saturated carbocycles. The van der Waals surface area contributed by atoms with E-state index in [4.69, 9.17) is 0 Å². The van der Waals surface area contributed by atoms with Crippen molar-refractivity contribution in [2.24, 2.45) is 5.92 Å². The van der Waals surface area contributed by atoms with E-state index in [0.717, 1.165) is 19.4 Å². The third kappa shape index (κ3) is 2.10. The van der Waals surface area contributed by atoms with E-state index in [-0.39, 0.29) is 17.4 Å². The maximum absolute atomic E-state index is 12.9. The molecule has 0 unspecified atom stereocenters. The summed E-state index contributed by atoms with van der Waals surface area (Å²) in [7, 11) is 0. The SMILES string of the molecule is C[C@@H]1[C@H]2Cc3ccccc3[C@]1(C)CCN2C(=O)c1cccnc1. The van der Waals surface area contributed by atoms with Crippen LogP contribution in [0.5, 0.6) is 0 Å². The van der Waals surface area contributed by atoms with Gasteiger partial charge in [0.05, 0.1) is 5.56 Å². The van der Waals surface area contributed by atoms with Crippen LogP contribution in [0.15, 0.2) is 48.8 Å². The predicted molar refractivity (Wildman–Crippen MR) is 90.3 cm³/mol. The highest BCUT2D eigenvalue weighted by molar-refractivity contribution is 5.94. The molecule has 0 spiro atoms. The molecular formula is C20H22N2O. The number of aromatic nitrogens is 1. The number of likely N-dealkylation sites (tertiary alicyclic amines) is 1. The molecule has 1 aliphatic carbocycles. The van der Waals surface area contributed by atoms with E-state index in [1.807, 2.05) is 12.1 Å². The van der Waals surface area contributed by atoms with E-state index in [0.29, 0.717) is 11.5 Å². The number of rotatable bonds is 1. The van der Waals surface area contributed by atoms with Crippen LogP contribution in [0.1, 0.15) is 41.8 Å². The van der Waals surface area contributed by atoms with Crippen LogP contribution >= 0.6 is 0 Å². The minimum Gasteiger partial charge on any atom is -0.335 e. The second-order valence-corrected chi connectivity index (χ2v) is 7.13. The first-order valence-electron chi connectivity index (χ1n) is 8.40. The Hall–Kier alpha value is -2.16. The standard InChI is InChI=1S/C20H22N2O/c1-14-18-12-15-6-3-4-8-17(15)20(14,2)9-11-22(18)19(23)16-7-5-10-21-13-16/h3-8,10,13-14,18H,9,11-12H2,1-2H3/t14-,18-,20-/m1/s1. The number of benzene rings is 1. The van der Waals surface area contributed by atoms with Crippen molar-refractivity contribution in [3.63, 3.8) is 0 Å². The van der Waals surface area contributed by atoms with Crippen molar-refractivity contribution >= 4 is 5.91 Å². The maximum Gasteiger partial charge on any atom is 0.255 e. The van der Waals surface area contributed by atoms with Gasteiger partial charge in [-0.3, -0.25) is 9.78 Å². The summed E-state index contributed by atoms with van der Waals surface area (Å²) in [5, 5.41) is 0. The van der Waals surface area contributed by atoms with Gasteiger partial charge < -0.3 is 4.90 Å². The fourth-order valence-corrected chi connectivity index (χ4v) is 4.50. The molecule has 1 aliphatic heterocycles. The lowest BCUT2D eigenvalue weighted by molar-refractivity contribution is 0.0250. The molecule has 1 saturated heterocycles. The smallest absolute Gasteiger partial charge is 0.255 e. The fraction of sp³-hybridized carbons (Fsp3) is 0.400. The Morgan fingerprint density at radius 1 is 1.26 bits per heavy atom. The largest absolute Gasteiger partial charge is 0.335 e. The number of hydrogen-bond donors (Lipinski definition) is 0. The second-order valence-electron chi connectivity index (χ2n) is 7.13. The highest BCUT2D eigenvalue weighted by Gasteiger charge is 2.49. The normalized spacial score (nSPS) is 29.0. The number of amides is 1. The minimum atomic E-state index is 0.122. The van der Waals surface area contributed by atoms with Crippen molar-refractivity contribution in [3.8, 4) is 0 Å². The van der Waals surface area contributed by atoms with E-state index in [2.05, 4.69) is 48.0 Å². The molecule has 2 heterocycles. The molecule has 23 heavy (non-hydrogen) atoms. The highest BCUT2D eigenvalue weighted by Crippen LogP contribution is 2.48. The number of fused-ring (bicyclic) bond motifs is 4. The van der Waals surface area contributed by atoms with Gasteiger partial charge in [-0.05, 0) is 47.4 Å². The molecule has 3 nitrogen and oxygen atoms in total. The third-order valence-corrected chi connectivity index (χ3v) is 6.09. The molecule has 1 fully saturated rings. The molecule has 0 radical (unpaired) electrons. The van der Waals surface area contributed by atoms with Crippen molar-refractivity contribution in [3.05, 3.63) is 65.5 Å². The Bertz CT molecular complexity index is 742. The molecule has 2 aromatic rings. The van der Waals surface area contributed by atoms with Crippen LogP contribution in [0.4, 0.5) is 0 Å². The molecule has 3 atom stereocenters. The molecule has 1 aromatic carbocycles. The van der Waals surface area contributed by atoms with Gasteiger partial charge in [-0.2, -0.15) is 0 Å². The molecule has 1 aromatic heterocycles. The molecule has 0 N–H and O–H groups in total. The lowest BCUT2D eigenvalue weighted by Crippen LogP contribution is -2.59. The van der Waals surface area contributed by atoms with Crippen molar-refractivity contribution in [2.45, 2.75) is 38.1 Å². The van der Waals surface area contributed by atoms with Crippen LogP contribution in [0, 0.1) is 5.92 Å². The number of pyridine rings is 1.